The van der Waals surface area contributed by atoms with E-state index in [-0.39, 0.29) is 11.7 Å². The largest absolute Gasteiger partial charge is 0.458 e. The summed E-state index contributed by atoms with van der Waals surface area (Å²) in [7, 11) is 0. The number of nitrogens with one attached hydrogen (secondary N) is 1. The van der Waals surface area contributed by atoms with Gasteiger partial charge in [-0.2, -0.15) is 0 Å². The Labute approximate surface area is 128 Å². The van der Waals surface area contributed by atoms with Crippen molar-refractivity contribution in [3.8, 4) is 5.75 Å². The second kappa shape index (κ2) is 6.34. The van der Waals surface area contributed by atoms with Gasteiger partial charge in [-0.15, -0.1) is 0 Å². The summed E-state index contributed by atoms with van der Waals surface area (Å²) in [6.45, 7) is 1.80. The molecule has 6 heteroatoms. The van der Waals surface area contributed by atoms with Gasteiger partial charge in [0.15, 0.2) is 0 Å². The summed E-state index contributed by atoms with van der Waals surface area (Å²) < 4.78 is 5.59. The van der Waals surface area contributed by atoms with Crippen LogP contribution in [-0.4, -0.2) is 12.2 Å². The Balaban J connectivity index is 2.00. The second-order valence-electron chi connectivity index (χ2n) is 5.19. The summed E-state index contributed by atoms with van der Waals surface area (Å²) in [6.07, 6.45) is 5.19. The topological polar surface area (TPSA) is 107 Å². The number of amides is 1. The van der Waals surface area contributed by atoms with Crippen molar-refractivity contribution in [3.05, 3.63) is 48.0 Å². The van der Waals surface area contributed by atoms with Crippen LogP contribution >= 0.6 is 0 Å². The van der Waals surface area contributed by atoms with Crippen molar-refractivity contribution in [3.63, 3.8) is 0 Å². The molecule has 0 saturated heterocycles. The highest BCUT2D eigenvalue weighted by atomic mass is 16.5. The highest BCUT2D eigenvalue weighted by Gasteiger charge is 2.49. The van der Waals surface area contributed by atoms with E-state index in [9.17, 15) is 9.59 Å². The van der Waals surface area contributed by atoms with E-state index in [2.05, 4.69) is 5.32 Å². The summed E-state index contributed by atoms with van der Waals surface area (Å²) in [6, 6.07) is 6.83. The number of nitrogens with two attached hydrogens (primary N) is 2. The summed E-state index contributed by atoms with van der Waals surface area (Å²) in [5.74, 6) is 1.000. The van der Waals surface area contributed by atoms with Gasteiger partial charge in [-0.3, -0.25) is 4.79 Å². The second-order valence-corrected chi connectivity index (χ2v) is 5.19. The minimum atomic E-state index is -0.823. The summed E-state index contributed by atoms with van der Waals surface area (Å²) in [4.78, 5) is 22.8. The Morgan fingerprint density at radius 3 is 2.36 bits per heavy atom. The molecule has 0 aliphatic heterocycles. The van der Waals surface area contributed by atoms with Gasteiger partial charge >= 0.3 is 0 Å². The van der Waals surface area contributed by atoms with Crippen LogP contribution < -0.4 is 21.5 Å². The minimum absolute atomic E-state index is 0.153. The van der Waals surface area contributed by atoms with E-state index >= 15 is 0 Å². The summed E-state index contributed by atoms with van der Waals surface area (Å²) in [5, 5.41) is 2.73. The number of ether oxygens (including phenoxy) is 1. The summed E-state index contributed by atoms with van der Waals surface area (Å²) >= 11 is 0. The van der Waals surface area contributed by atoms with Crippen molar-refractivity contribution < 1.29 is 14.3 Å². The number of carbonyl (C=O) groups excluding carboxylic acids is 2. The third-order valence-corrected chi connectivity index (χ3v) is 3.41. The number of hydrogen-bond donors (Lipinski definition) is 3. The lowest BCUT2D eigenvalue weighted by atomic mass is 10.1. The molecule has 1 aromatic rings. The average molecular weight is 301 g/mol. The molecular formula is C16H19N3O3. The zero-order valence-corrected chi connectivity index (χ0v) is 12.3. The lowest BCUT2D eigenvalue weighted by molar-refractivity contribution is -0.126. The number of hydrogen-bond acceptors (Lipinski definition) is 5. The molecule has 1 aromatic carbocycles. The van der Waals surface area contributed by atoms with Gasteiger partial charge in [0.05, 0.1) is 5.82 Å². The van der Waals surface area contributed by atoms with Crippen molar-refractivity contribution in [1.82, 2.24) is 0 Å². The van der Waals surface area contributed by atoms with Gasteiger partial charge in [0.1, 0.15) is 23.2 Å². The summed E-state index contributed by atoms with van der Waals surface area (Å²) in [5.41, 5.74) is 10.6. The van der Waals surface area contributed by atoms with Crippen molar-refractivity contribution >= 4 is 17.9 Å². The molecule has 22 heavy (non-hydrogen) atoms. The Morgan fingerprint density at radius 2 is 1.91 bits per heavy atom. The van der Waals surface area contributed by atoms with Crippen molar-refractivity contribution in [2.45, 2.75) is 19.8 Å². The molecule has 1 aliphatic carbocycles. The van der Waals surface area contributed by atoms with E-state index in [1.54, 1.807) is 37.3 Å². The first-order chi connectivity index (χ1) is 10.5. The highest BCUT2D eigenvalue weighted by molar-refractivity contribution is 6.07. The number of rotatable bonds is 6. The quantitative estimate of drug-likeness (QED) is 0.320. The van der Waals surface area contributed by atoms with Crippen molar-refractivity contribution in [2.24, 2.45) is 16.9 Å². The van der Waals surface area contributed by atoms with Crippen LogP contribution in [0, 0.1) is 5.41 Å². The van der Waals surface area contributed by atoms with Crippen LogP contribution in [0.2, 0.25) is 0 Å². The molecule has 116 valence electrons. The lowest BCUT2D eigenvalue weighted by Crippen LogP contribution is -2.25. The third kappa shape index (κ3) is 3.66. The van der Waals surface area contributed by atoms with Gasteiger partial charge < -0.3 is 26.3 Å². The maximum absolute atomic E-state index is 11.9. The van der Waals surface area contributed by atoms with E-state index in [1.807, 2.05) is 0 Å². The van der Waals surface area contributed by atoms with Gasteiger partial charge in [-0.05, 0) is 50.1 Å². The lowest BCUT2D eigenvalue weighted by Gasteiger charge is -2.10. The zero-order chi connectivity index (χ0) is 16.2. The fraction of sp³-hybridized carbons (Fsp3) is 0.250. The normalized spacial score (nSPS) is 15.6. The molecule has 6 nitrogen and oxygen atoms in total. The number of anilines is 1. The molecule has 0 unspecified atom stereocenters. The van der Waals surface area contributed by atoms with Gasteiger partial charge in [0, 0.05) is 11.8 Å². The molecule has 1 amide bonds. The zero-order valence-electron chi connectivity index (χ0n) is 12.3. The van der Waals surface area contributed by atoms with Gasteiger partial charge in [0.25, 0.3) is 0 Å². The predicted molar refractivity (Wildman–Crippen MR) is 83.6 cm³/mol. The van der Waals surface area contributed by atoms with Crippen LogP contribution in [0.1, 0.15) is 19.8 Å². The predicted octanol–water partition coefficient (Wildman–Crippen LogP) is 1.65. The molecule has 1 fully saturated rings. The first-order valence-corrected chi connectivity index (χ1v) is 6.94. The monoisotopic (exact) mass is 301 g/mol. The molecule has 0 atom stereocenters. The molecule has 0 spiro atoms. The van der Waals surface area contributed by atoms with E-state index in [0.717, 1.165) is 6.29 Å². The molecule has 1 aliphatic rings. The van der Waals surface area contributed by atoms with Crippen molar-refractivity contribution in [2.75, 3.05) is 5.32 Å². The van der Waals surface area contributed by atoms with Gasteiger partial charge in [-0.1, -0.05) is 0 Å². The van der Waals surface area contributed by atoms with Crippen LogP contribution in [0.15, 0.2) is 48.0 Å². The maximum atomic E-state index is 11.9. The molecule has 2 rings (SSSR count). The van der Waals surface area contributed by atoms with Crippen LogP contribution in [-0.2, 0) is 9.59 Å². The van der Waals surface area contributed by atoms with E-state index in [4.69, 9.17) is 16.2 Å². The third-order valence-electron chi connectivity index (χ3n) is 3.41. The molecule has 0 radical (unpaired) electrons. The Hall–Kier alpha value is -2.76. The molecular weight excluding hydrogens is 282 g/mol. The van der Waals surface area contributed by atoms with E-state index in [1.165, 1.54) is 6.08 Å². The number of carbonyl (C=O) groups is 2. The minimum Gasteiger partial charge on any atom is -0.458 e. The SMILES string of the molecule is C/C=C(\C=C(N)N)Oc1ccc(NC(=O)C2(C=O)CC2)cc1. The molecule has 0 heterocycles. The smallest absolute Gasteiger partial charge is 0.237 e. The van der Waals surface area contributed by atoms with Gasteiger partial charge in [-0.25, -0.2) is 0 Å². The van der Waals surface area contributed by atoms with Crippen LogP contribution in [0.4, 0.5) is 5.69 Å². The van der Waals surface area contributed by atoms with Crippen LogP contribution in [0.5, 0.6) is 5.75 Å². The first kappa shape index (κ1) is 15.6. The molecule has 1 saturated carbocycles. The van der Waals surface area contributed by atoms with Gasteiger partial charge in [0.2, 0.25) is 5.91 Å². The maximum Gasteiger partial charge on any atom is 0.237 e. The average Bonchev–Trinajstić information content (AvgIpc) is 3.29. The Morgan fingerprint density at radius 1 is 1.27 bits per heavy atom. The number of allylic oxidation sites excluding steroid dienone is 2. The number of aldehydes is 1. The number of benzene rings is 1. The van der Waals surface area contributed by atoms with E-state index in [0.29, 0.717) is 30.0 Å². The molecule has 5 N–H and O–H groups in total. The first-order valence-electron chi connectivity index (χ1n) is 6.94. The fourth-order valence-electron chi connectivity index (χ4n) is 1.87. The van der Waals surface area contributed by atoms with Crippen LogP contribution in [0.3, 0.4) is 0 Å². The Bertz CT molecular complexity index is 625. The van der Waals surface area contributed by atoms with Crippen LogP contribution in [0.25, 0.3) is 0 Å². The van der Waals surface area contributed by atoms with Crippen molar-refractivity contribution in [1.29, 1.82) is 0 Å². The highest BCUT2D eigenvalue weighted by Crippen LogP contribution is 2.44. The van der Waals surface area contributed by atoms with E-state index < -0.39 is 5.41 Å². The molecule has 0 aromatic heterocycles. The fourth-order valence-corrected chi connectivity index (χ4v) is 1.87. The standard InChI is InChI=1S/C16H19N3O3/c1-2-12(9-14(17)18)22-13-5-3-11(4-6-13)19-15(21)16(10-20)7-8-16/h2-6,9-10H,7-8,17-18H2,1H3,(H,19,21)/b12-2+. The Kier molecular flexibility index (Phi) is 4.50. The molecule has 0 bridgehead atoms.